The molecule has 0 spiro atoms. The Balaban J connectivity index is 1.35. The molecule has 29 heavy (non-hydrogen) atoms. The Labute approximate surface area is 174 Å². The third kappa shape index (κ3) is 6.09. The van der Waals surface area contributed by atoms with Gasteiger partial charge in [0.1, 0.15) is 0 Å². The lowest BCUT2D eigenvalue weighted by molar-refractivity contribution is -0.133. The number of nitrogens with zero attached hydrogens (tertiary/aromatic N) is 2. The van der Waals surface area contributed by atoms with Crippen LogP contribution in [0, 0.1) is 5.82 Å². The lowest BCUT2D eigenvalue weighted by Crippen LogP contribution is -2.51. The summed E-state index contributed by atoms with van der Waals surface area (Å²) in [6.45, 7) is 2.61. The van der Waals surface area contributed by atoms with Crippen molar-refractivity contribution >= 4 is 29.1 Å². The molecule has 0 aromatic heterocycles. The summed E-state index contributed by atoms with van der Waals surface area (Å²) in [7, 11) is 0. The van der Waals surface area contributed by atoms with E-state index in [1.54, 1.807) is 17.0 Å². The molecule has 8 heteroatoms. The Kier molecular flexibility index (Phi) is 7.30. The van der Waals surface area contributed by atoms with E-state index in [-0.39, 0.29) is 37.1 Å². The van der Waals surface area contributed by atoms with Crippen LogP contribution >= 0.6 is 11.6 Å². The van der Waals surface area contributed by atoms with Crippen LogP contribution in [0.5, 0.6) is 5.75 Å². The third-order valence-corrected chi connectivity index (χ3v) is 4.94. The molecule has 1 heterocycles. The highest BCUT2D eigenvalue weighted by molar-refractivity contribution is 6.30. The van der Waals surface area contributed by atoms with Crippen LogP contribution in [-0.2, 0) is 9.59 Å². The minimum Gasteiger partial charge on any atom is -0.490 e. The van der Waals surface area contributed by atoms with Gasteiger partial charge in [-0.15, -0.1) is 0 Å². The molecule has 0 unspecified atom stereocenters. The van der Waals surface area contributed by atoms with E-state index < -0.39 is 5.82 Å². The van der Waals surface area contributed by atoms with E-state index in [9.17, 15) is 14.0 Å². The van der Waals surface area contributed by atoms with Crippen molar-refractivity contribution in [3.8, 4) is 5.75 Å². The van der Waals surface area contributed by atoms with E-state index in [4.69, 9.17) is 16.3 Å². The average Bonchev–Trinajstić information content (AvgIpc) is 2.74. The molecule has 0 aliphatic carbocycles. The van der Waals surface area contributed by atoms with Crippen molar-refractivity contribution in [3.63, 3.8) is 0 Å². The summed E-state index contributed by atoms with van der Waals surface area (Å²) in [6, 6.07) is 13.6. The lowest BCUT2D eigenvalue weighted by Gasteiger charge is -2.36. The predicted octanol–water partition coefficient (Wildman–Crippen LogP) is 2.71. The Morgan fingerprint density at radius 1 is 1.03 bits per heavy atom. The number of hydrogen-bond acceptors (Lipinski definition) is 4. The zero-order valence-corrected chi connectivity index (χ0v) is 16.7. The van der Waals surface area contributed by atoms with E-state index in [2.05, 4.69) is 10.2 Å². The molecule has 0 radical (unpaired) electrons. The Morgan fingerprint density at radius 3 is 2.41 bits per heavy atom. The van der Waals surface area contributed by atoms with Gasteiger partial charge in [-0.2, -0.15) is 0 Å². The van der Waals surface area contributed by atoms with Crippen LogP contribution in [0.4, 0.5) is 10.1 Å². The van der Waals surface area contributed by atoms with Crippen LogP contribution < -0.4 is 15.0 Å². The molecule has 2 amide bonds. The predicted molar refractivity (Wildman–Crippen MR) is 110 cm³/mol. The van der Waals surface area contributed by atoms with Crippen molar-refractivity contribution in [1.82, 2.24) is 10.2 Å². The minimum atomic E-state index is -0.471. The molecular formula is C21H23ClFN3O3. The first-order valence-corrected chi connectivity index (χ1v) is 9.83. The monoisotopic (exact) mass is 419 g/mol. The largest absolute Gasteiger partial charge is 0.490 e. The van der Waals surface area contributed by atoms with Crippen molar-refractivity contribution < 1.29 is 18.7 Å². The fraction of sp³-hybridized carbons (Fsp3) is 0.333. The van der Waals surface area contributed by atoms with Crippen LogP contribution in [-0.4, -0.2) is 56.0 Å². The van der Waals surface area contributed by atoms with Gasteiger partial charge in [-0.1, -0.05) is 23.7 Å². The number of hydrogen-bond donors (Lipinski definition) is 1. The summed E-state index contributed by atoms with van der Waals surface area (Å²) >= 11 is 5.91. The van der Waals surface area contributed by atoms with Crippen LogP contribution in [0.25, 0.3) is 0 Å². The first-order chi connectivity index (χ1) is 14.0. The molecular weight excluding hydrogens is 397 g/mol. The van der Waals surface area contributed by atoms with Gasteiger partial charge in [-0.05, 0) is 36.4 Å². The number of benzene rings is 2. The number of para-hydroxylation sites is 1. The van der Waals surface area contributed by atoms with Gasteiger partial charge >= 0.3 is 0 Å². The molecule has 0 bridgehead atoms. The summed E-state index contributed by atoms with van der Waals surface area (Å²) in [5.41, 5.74) is 1.07. The van der Waals surface area contributed by atoms with E-state index in [0.717, 1.165) is 18.8 Å². The van der Waals surface area contributed by atoms with Crippen molar-refractivity contribution in [3.05, 3.63) is 59.4 Å². The number of rotatable bonds is 7. The highest BCUT2D eigenvalue weighted by Crippen LogP contribution is 2.19. The second-order valence-corrected chi connectivity index (χ2v) is 7.09. The average molecular weight is 420 g/mol. The van der Waals surface area contributed by atoms with Crippen molar-refractivity contribution in [1.29, 1.82) is 0 Å². The fourth-order valence-electron chi connectivity index (χ4n) is 3.06. The summed E-state index contributed by atoms with van der Waals surface area (Å²) in [6.07, 6.45) is 0.0476. The highest BCUT2D eigenvalue weighted by Gasteiger charge is 2.21. The first-order valence-electron chi connectivity index (χ1n) is 9.45. The zero-order valence-electron chi connectivity index (χ0n) is 15.9. The topological polar surface area (TPSA) is 61.9 Å². The number of carbonyl (C=O) groups excluding carboxylic acids is 2. The number of halogens is 2. The van der Waals surface area contributed by atoms with E-state index >= 15 is 0 Å². The number of ether oxygens (including phenoxy) is 1. The molecule has 1 N–H and O–H groups in total. The number of anilines is 1. The molecule has 1 aliphatic rings. The molecule has 2 aromatic rings. The third-order valence-electron chi connectivity index (χ3n) is 4.68. The number of amides is 2. The molecule has 0 atom stereocenters. The highest BCUT2D eigenvalue weighted by atomic mass is 35.5. The van der Waals surface area contributed by atoms with Gasteiger partial charge in [-0.3, -0.25) is 9.59 Å². The van der Waals surface area contributed by atoms with E-state index in [1.807, 2.05) is 24.3 Å². The van der Waals surface area contributed by atoms with Gasteiger partial charge in [0.05, 0.1) is 19.6 Å². The SMILES string of the molecule is O=C(CCOc1ccccc1F)NCC(=O)N1CCN(c2ccc(Cl)cc2)CC1. The Hall–Kier alpha value is -2.80. The maximum Gasteiger partial charge on any atom is 0.242 e. The normalized spacial score (nSPS) is 13.9. The van der Waals surface area contributed by atoms with E-state index in [1.165, 1.54) is 12.1 Å². The summed E-state index contributed by atoms with van der Waals surface area (Å²) in [5, 5.41) is 3.29. The number of nitrogens with one attached hydrogen (secondary N) is 1. The smallest absolute Gasteiger partial charge is 0.242 e. The first kappa shape index (κ1) is 20.9. The van der Waals surface area contributed by atoms with Gasteiger partial charge < -0.3 is 19.9 Å². The van der Waals surface area contributed by atoms with Crippen molar-refractivity contribution in [2.24, 2.45) is 0 Å². The number of piperazine rings is 1. The van der Waals surface area contributed by atoms with Crippen LogP contribution in [0.2, 0.25) is 5.02 Å². The van der Waals surface area contributed by atoms with E-state index in [0.29, 0.717) is 18.1 Å². The lowest BCUT2D eigenvalue weighted by atomic mass is 10.2. The van der Waals surface area contributed by atoms with Gasteiger partial charge in [0.2, 0.25) is 11.8 Å². The maximum atomic E-state index is 13.4. The molecule has 1 fully saturated rings. The number of carbonyl (C=O) groups is 2. The Bertz CT molecular complexity index is 839. The Morgan fingerprint density at radius 2 is 1.72 bits per heavy atom. The minimum absolute atomic E-state index is 0.0424. The fourth-order valence-corrected chi connectivity index (χ4v) is 3.18. The second-order valence-electron chi connectivity index (χ2n) is 6.65. The molecule has 2 aromatic carbocycles. The van der Waals surface area contributed by atoms with Crippen LogP contribution in [0.3, 0.4) is 0 Å². The quantitative estimate of drug-likeness (QED) is 0.749. The molecule has 0 saturated carbocycles. The zero-order chi connectivity index (χ0) is 20.6. The standard InChI is InChI=1S/C21H23ClFN3O3/c22-16-5-7-17(8-6-16)25-10-12-26(13-11-25)21(28)15-24-20(27)9-14-29-19-4-2-1-3-18(19)23/h1-8H,9-15H2,(H,24,27). The van der Waals surface area contributed by atoms with Gasteiger partial charge in [0.15, 0.2) is 11.6 Å². The van der Waals surface area contributed by atoms with Gasteiger partial charge in [0.25, 0.3) is 0 Å². The summed E-state index contributed by atoms with van der Waals surface area (Å²) < 4.78 is 18.7. The van der Waals surface area contributed by atoms with Crippen molar-refractivity contribution in [2.45, 2.75) is 6.42 Å². The summed E-state index contributed by atoms with van der Waals surface area (Å²) in [5.74, 6) is -0.797. The molecule has 1 saturated heterocycles. The molecule has 1 aliphatic heterocycles. The molecule has 3 rings (SSSR count). The van der Waals surface area contributed by atoms with Gasteiger partial charge in [0, 0.05) is 36.9 Å². The second kappa shape index (κ2) is 10.1. The molecule has 154 valence electrons. The molecule has 6 nitrogen and oxygen atoms in total. The van der Waals surface area contributed by atoms with Gasteiger partial charge in [-0.25, -0.2) is 4.39 Å². The van der Waals surface area contributed by atoms with Crippen molar-refractivity contribution in [2.75, 3.05) is 44.2 Å². The van der Waals surface area contributed by atoms with Crippen LogP contribution in [0.15, 0.2) is 48.5 Å². The maximum absolute atomic E-state index is 13.4. The van der Waals surface area contributed by atoms with Crippen LogP contribution in [0.1, 0.15) is 6.42 Å². The summed E-state index contributed by atoms with van der Waals surface area (Å²) in [4.78, 5) is 28.2.